The number of nitrogens with one attached hydrogen (secondary N) is 3. The summed E-state index contributed by atoms with van der Waals surface area (Å²) in [5.41, 5.74) is 5.16. The van der Waals surface area contributed by atoms with Crippen LogP contribution in [0, 0.1) is 17.5 Å². The Labute approximate surface area is 737 Å². The van der Waals surface area contributed by atoms with Gasteiger partial charge in [0.05, 0.1) is 52.7 Å². The van der Waals surface area contributed by atoms with Crippen molar-refractivity contribution in [3.63, 3.8) is 0 Å². The van der Waals surface area contributed by atoms with Gasteiger partial charge in [0.1, 0.15) is 55.6 Å². The van der Waals surface area contributed by atoms with E-state index in [1.165, 1.54) is 101 Å². The van der Waals surface area contributed by atoms with Crippen molar-refractivity contribution in [1.29, 1.82) is 0 Å². The van der Waals surface area contributed by atoms with Gasteiger partial charge in [0, 0.05) is 115 Å². The van der Waals surface area contributed by atoms with Gasteiger partial charge in [-0.3, -0.25) is 62.0 Å². The van der Waals surface area contributed by atoms with E-state index in [0.717, 1.165) is 0 Å². The SMILES string of the molecule is CC(=O)c1ccc2c(c1)c(C(C)=O)nn2CC(=O)N(CC(=O)Nc1cccc(-c2ccccc2Cl)c1F)C(C)C.CC(=O)c1nn(CC(=O)N(CC(=O)Nc2cccc(-c3ccccc3Cl)c2F)C(C)C)c2ccc(C(=O)O)cc12.CC(C)NCC(=O)Cc1cccc(-c2ccccc2Cl)c1F.COC(=O)c1ccc2c(c1)c(C(C)=O)nn2CC(=O)O.[Li+].[OH-]. The van der Waals surface area contributed by atoms with Crippen LogP contribution in [0.4, 0.5) is 24.5 Å². The maximum absolute atomic E-state index is 15.3. The van der Waals surface area contributed by atoms with E-state index in [0.29, 0.717) is 81.2 Å². The van der Waals surface area contributed by atoms with Gasteiger partial charge in [-0.1, -0.05) is 146 Å². The van der Waals surface area contributed by atoms with Crippen molar-refractivity contribution in [2.45, 2.75) is 113 Å². The molecule has 0 spiro atoms. The Kier molecular flexibility index (Phi) is 35.1. The maximum Gasteiger partial charge on any atom is 1.00 e. The first-order chi connectivity index (χ1) is 57.9. The van der Waals surface area contributed by atoms with E-state index < -0.39 is 59.2 Å². The summed E-state index contributed by atoms with van der Waals surface area (Å²) in [6.45, 7) is 14.9. The molecule has 0 aliphatic carbocycles. The fourth-order valence-electron chi connectivity index (χ4n) is 12.9. The number of Topliss-reactive ketones (excluding diaryl/α,β-unsaturated/α-hetero) is 5. The number of aromatic carboxylic acids is 1. The normalized spacial score (nSPS) is 10.8. The van der Waals surface area contributed by atoms with Gasteiger partial charge in [0.2, 0.25) is 23.6 Å². The number of carboxylic acid groups (broad SMARTS) is 2. The summed E-state index contributed by atoms with van der Waals surface area (Å²) in [5, 5.41) is 41.3. The number of ketones is 5. The van der Waals surface area contributed by atoms with Crippen molar-refractivity contribution in [3.05, 3.63) is 254 Å². The molecule has 0 aliphatic rings. The van der Waals surface area contributed by atoms with Crippen molar-refractivity contribution < 1.29 is 110 Å². The van der Waals surface area contributed by atoms with Crippen molar-refractivity contribution in [1.82, 2.24) is 44.5 Å². The van der Waals surface area contributed by atoms with E-state index in [1.807, 2.05) is 19.9 Å². The van der Waals surface area contributed by atoms with Crippen LogP contribution in [0.1, 0.15) is 137 Å². The fraction of sp³-hybridized carbons (Fsp3) is 0.233. The number of ether oxygens (including phenoxy) is 1. The number of methoxy groups -OCH3 is 1. The average Bonchev–Trinajstić information content (AvgIpc) is 1.62. The number of rotatable bonds is 28. The van der Waals surface area contributed by atoms with Crippen LogP contribution in [0.25, 0.3) is 66.1 Å². The first kappa shape index (κ1) is 98.3. The first-order valence-corrected chi connectivity index (χ1v) is 39.1. The number of carbonyl (C=O) groups is 12. The molecule has 0 radical (unpaired) electrons. The Morgan fingerprint density at radius 1 is 0.444 bits per heavy atom. The van der Waals surface area contributed by atoms with Crippen LogP contribution in [-0.4, -0.2) is 170 Å². The molecular weight excluding hydrogens is 1660 g/mol. The van der Waals surface area contributed by atoms with Crippen LogP contribution < -0.4 is 34.8 Å². The van der Waals surface area contributed by atoms with Gasteiger partial charge in [0.25, 0.3) is 0 Å². The Balaban J connectivity index is 0.000000236. The van der Waals surface area contributed by atoms with E-state index in [2.05, 4.69) is 36.0 Å². The van der Waals surface area contributed by atoms with Gasteiger partial charge in [-0.15, -0.1) is 0 Å². The predicted octanol–water partition coefficient (Wildman–Crippen LogP) is 13.2. The van der Waals surface area contributed by atoms with Crippen molar-refractivity contribution in [2.24, 2.45) is 0 Å². The smallest absolute Gasteiger partial charge is 0.870 e. The van der Waals surface area contributed by atoms with Gasteiger partial charge in [0.15, 0.2) is 40.6 Å². The van der Waals surface area contributed by atoms with Crippen molar-refractivity contribution in [2.75, 3.05) is 37.4 Å². The summed E-state index contributed by atoms with van der Waals surface area (Å²) < 4.78 is 53.8. The minimum Gasteiger partial charge on any atom is -0.870 e. The Bertz CT molecular complexity index is 5850. The summed E-state index contributed by atoms with van der Waals surface area (Å²) in [7, 11) is 1.26. The van der Waals surface area contributed by atoms with Crippen molar-refractivity contribution in [3.8, 4) is 33.4 Å². The molecule has 34 heteroatoms. The molecule has 3 aromatic heterocycles. The Hall–Kier alpha value is -12.8. The average molecular weight is 1750 g/mol. The zero-order valence-corrected chi connectivity index (χ0v) is 71.8. The second-order valence-electron chi connectivity index (χ2n) is 28.8. The quantitative estimate of drug-likeness (QED) is 0.0173. The van der Waals surface area contributed by atoms with Crippen molar-refractivity contribution >= 4 is 149 Å². The number of aliphatic carboxylic acids is 1. The molecule has 124 heavy (non-hydrogen) atoms. The van der Waals surface area contributed by atoms with Crippen LogP contribution in [0.5, 0.6) is 0 Å². The molecule has 0 bridgehead atoms. The van der Waals surface area contributed by atoms with E-state index in [9.17, 15) is 67.0 Å². The number of carboxylic acids is 2. The van der Waals surface area contributed by atoms with Gasteiger partial charge < -0.3 is 46.2 Å². The van der Waals surface area contributed by atoms with Gasteiger partial charge in [-0.25, -0.2) is 22.8 Å². The minimum atomic E-state index is -1.16. The van der Waals surface area contributed by atoms with Crippen LogP contribution in [0.3, 0.4) is 0 Å². The first-order valence-electron chi connectivity index (χ1n) is 38.0. The number of hydrogen-bond donors (Lipinski definition) is 5. The molecule has 9 aromatic carbocycles. The third kappa shape index (κ3) is 24.6. The summed E-state index contributed by atoms with van der Waals surface area (Å²) in [6, 6.07) is 47.9. The standard InChI is InChI=1S/C30H28ClFN4O4.C29H26ClFN4O5.C18H19ClFNO.C13H12N2O5.Li.H2O/c1-17(2)35(15-27(39)33-25-11-7-9-22(29(25)32)21-8-5-6-10-24(21)31)28(40)16-36-26-13-12-20(18(3)37)14-23(26)30(34-36)19(4)38;1-16(2)34(14-25(37)32-23-10-6-8-20(27(23)31)19-7-4-5-9-22(19)30)26(38)15-35-24-12-11-18(29(39)40)13-21(24)28(33-35)17(3)36;1-12(2)21-11-14(22)10-13-6-5-8-16(18(13)20)15-7-3-4-9-17(15)19;1-7(16)12-9-5-8(13(19)20-2)3-4-10(9)15(14-12)6-11(17)18;;/h5-14,17H,15-16H2,1-4H3,(H,33,39);4-13,16H,14-15H2,1-3H3,(H,32,37)(H,39,40);3-9,12,21H,10-11H2,1-2H3;3-5H,6H2,1-2H3,(H,17,18);;1H2/q;;;;+1;/p-1. The number of anilines is 2. The number of aromatic nitrogens is 6. The fourth-order valence-corrected chi connectivity index (χ4v) is 13.6. The predicted molar refractivity (Wildman–Crippen MR) is 460 cm³/mol. The molecule has 4 amide bonds. The molecule has 0 unspecified atom stereocenters. The van der Waals surface area contributed by atoms with Gasteiger partial charge >= 0.3 is 36.8 Å². The third-order valence-electron chi connectivity index (χ3n) is 18.9. The zero-order chi connectivity index (χ0) is 89.2. The monoisotopic (exact) mass is 1750 g/mol. The van der Waals surface area contributed by atoms with E-state index in [4.69, 9.17) is 39.9 Å². The molecule has 0 fully saturated rings. The molecular formula is C90H86Cl3F3LiN11O16. The topological polar surface area (TPSA) is 381 Å². The molecule has 12 rings (SSSR count). The summed E-state index contributed by atoms with van der Waals surface area (Å²) in [4.78, 5) is 149. The number of benzene rings is 9. The molecule has 12 aromatic rings. The minimum absolute atomic E-state index is 0. The maximum atomic E-state index is 15.3. The molecule has 3 heterocycles. The number of esters is 1. The number of amides is 4. The summed E-state index contributed by atoms with van der Waals surface area (Å²) in [6.07, 6.45) is 0.0733. The molecule has 0 aliphatic heterocycles. The van der Waals surface area contributed by atoms with Crippen LogP contribution >= 0.6 is 34.8 Å². The molecule has 27 nitrogen and oxygen atoms in total. The van der Waals surface area contributed by atoms with E-state index in [1.54, 1.807) is 161 Å². The number of nitrogens with zero attached hydrogens (tertiary/aromatic N) is 8. The Morgan fingerprint density at radius 2 is 0.790 bits per heavy atom. The van der Waals surface area contributed by atoms with Gasteiger partial charge in [-0.05, 0) is 125 Å². The summed E-state index contributed by atoms with van der Waals surface area (Å²) in [5.74, 6) is -7.75. The molecule has 0 saturated heterocycles. The molecule has 640 valence electrons. The van der Waals surface area contributed by atoms with Crippen LogP contribution in [0.15, 0.2) is 182 Å². The molecule has 0 saturated carbocycles. The third-order valence-corrected chi connectivity index (χ3v) is 19.9. The number of hydrogen-bond acceptors (Lipinski definition) is 18. The second-order valence-corrected chi connectivity index (χ2v) is 30.0. The van der Waals surface area contributed by atoms with E-state index >= 15 is 8.78 Å². The largest absolute Gasteiger partial charge is 1.00 e. The number of fused-ring (bicyclic) bond motifs is 3. The zero-order valence-electron chi connectivity index (χ0n) is 69.5. The second kappa shape index (κ2) is 44.3. The number of halogens is 6. The van der Waals surface area contributed by atoms with Crippen LogP contribution in [0.2, 0.25) is 15.1 Å². The number of carbonyl (C=O) groups excluding carboxylic acids is 10. The molecule has 6 N–H and O–H groups in total. The molecule has 0 atom stereocenters. The summed E-state index contributed by atoms with van der Waals surface area (Å²) >= 11 is 18.6. The van der Waals surface area contributed by atoms with Crippen LogP contribution in [-0.2, 0) is 59.6 Å². The van der Waals surface area contributed by atoms with Gasteiger partial charge in [-0.2, -0.15) is 15.3 Å². The van der Waals surface area contributed by atoms with E-state index in [-0.39, 0.29) is 168 Å². The Morgan fingerprint density at radius 3 is 1.15 bits per heavy atom.